The van der Waals surface area contributed by atoms with Gasteiger partial charge in [0.2, 0.25) is 0 Å². The van der Waals surface area contributed by atoms with Crippen molar-refractivity contribution >= 4 is 17.6 Å². The minimum absolute atomic E-state index is 0.335. The van der Waals surface area contributed by atoms with Crippen LogP contribution in [0, 0.1) is 0 Å². The van der Waals surface area contributed by atoms with Gasteiger partial charge in [-0.05, 0) is 29.7 Å². The Labute approximate surface area is 74.8 Å². The number of benzene rings is 1. The van der Waals surface area contributed by atoms with Gasteiger partial charge in [0.15, 0.2) is 0 Å². The Morgan fingerprint density at radius 3 is 3.00 bits per heavy atom. The molecule has 3 heteroatoms. The van der Waals surface area contributed by atoms with Crippen LogP contribution in [0.4, 0.5) is 0 Å². The summed E-state index contributed by atoms with van der Waals surface area (Å²) in [4.78, 5) is 10.6. The van der Waals surface area contributed by atoms with Crippen molar-refractivity contribution in [3.8, 4) is 0 Å². The van der Waals surface area contributed by atoms with Gasteiger partial charge in [0.1, 0.15) is 0 Å². The van der Waals surface area contributed by atoms with Crippen LogP contribution in [0.25, 0.3) is 0 Å². The maximum atomic E-state index is 10.6. The lowest BCUT2D eigenvalue weighted by Gasteiger charge is -2.26. The van der Waals surface area contributed by atoms with Gasteiger partial charge in [-0.1, -0.05) is 17.7 Å². The largest absolute Gasteiger partial charge is 0.481 e. The summed E-state index contributed by atoms with van der Waals surface area (Å²) in [6, 6.07) is 5.41. The van der Waals surface area contributed by atoms with Crippen LogP contribution >= 0.6 is 11.6 Å². The molecular weight excluding hydrogens is 176 g/mol. The third-order valence-electron chi connectivity index (χ3n) is 2.21. The number of carbonyl (C=O) groups is 1. The average molecular weight is 183 g/mol. The fourth-order valence-corrected chi connectivity index (χ4v) is 1.68. The first-order chi connectivity index (χ1) is 5.68. The zero-order valence-electron chi connectivity index (χ0n) is 6.25. The zero-order chi connectivity index (χ0) is 8.72. The quantitative estimate of drug-likeness (QED) is 0.722. The van der Waals surface area contributed by atoms with Crippen molar-refractivity contribution in [2.24, 2.45) is 0 Å². The molecule has 1 aromatic carbocycles. The summed E-state index contributed by atoms with van der Waals surface area (Å²) < 4.78 is 0. The summed E-state index contributed by atoms with van der Waals surface area (Å²) >= 11 is 5.73. The van der Waals surface area contributed by atoms with Crippen molar-refractivity contribution in [3.63, 3.8) is 0 Å². The lowest BCUT2D eigenvalue weighted by molar-refractivity contribution is -0.139. The van der Waals surface area contributed by atoms with E-state index < -0.39 is 5.97 Å². The van der Waals surface area contributed by atoms with Crippen LogP contribution in [0.1, 0.15) is 17.0 Å². The van der Waals surface area contributed by atoms with Crippen molar-refractivity contribution in [1.82, 2.24) is 0 Å². The first-order valence-electron chi connectivity index (χ1n) is 3.69. The molecule has 1 atom stereocenters. The second kappa shape index (κ2) is 2.49. The van der Waals surface area contributed by atoms with E-state index >= 15 is 0 Å². The normalized spacial score (nSPS) is 19.6. The Bertz CT molecular complexity index is 346. The van der Waals surface area contributed by atoms with E-state index in [1.807, 2.05) is 6.07 Å². The summed E-state index contributed by atoms with van der Waals surface area (Å²) in [5.41, 5.74) is 1.97. The van der Waals surface area contributed by atoms with E-state index in [1.54, 1.807) is 12.1 Å². The van der Waals surface area contributed by atoms with E-state index in [4.69, 9.17) is 16.7 Å². The smallest absolute Gasteiger partial charge is 0.311 e. The van der Waals surface area contributed by atoms with Crippen molar-refractivity contribution in [3.05, 3.63) is 34.3 Å². The Kier molecular flexibility index (Phi) is 1.58. The third-order valence-corrected chi connectivity index (χ3v) is 2.44. The molecule has 0 bridgehead atoms. The molecule has 0 spiro atoms. The number of fused-ring (bicyclic) bond motifs is 1. The molecule has 0 amide bonds. The Morgan fingerprint density at radius 1 is 1.58 bits per heavy atom. The van der Waals surface area contributed by atoms with Crippen molar-refractivity contribution in [1.29, 1.82) is 0 Å². The first kappa shape index (κ1) is 7.62. The number of halogens is 1. The molecule has 0 heterocycles. The highest BCUT2D eigenvalue weighted by atomic mass is 35.5. The van der Waals surface area contributed by atoms with Crippen LogP contribution in [0.15, 0.2) is 18.2 Å². The molecule has 1 unspecified atom stereocenters. The highest BCUT2D eigenvalue weighted by Gasteiger charge is 2.31. The standard InChI is InChI=1S/C9H7ClO2/c10-6-2-1-5-3-8(9(11)12)7(5)4-6/h1-2,4,8H,3H2,(H,11,12). The monoisotopic (exact) mass is 182 g/mol. The molecule has 2 nitrogen and oxygen atoms in total. The summed E-state index contributed by atoms with van der Waals surface area (Å²) in [6.07, 6.45) is 0.641. The van der Waals surface area contributed by atoms with Crippen LogP contribution in [0.5, 0.6) is 0 Å². The fourth-order valence-electron chi connectivity index (χ4n) is 1.50. The van der Waals surface area contributed by atoms with E-state index in [1.165, 1.54) is 0 Å². The lowest BCUT2D eigenvalue weighted by atomic mass is 9.78. The Hall–Kier alpha value is -1.02. The Balaban J connectivity index is 2.39. The molecule has 0 radical (unpaired) electrons. The fraction of sp³-hybridized carbons (Fsp3) is 0.222. The number of hydrogen-bond acceptors (Lipinski definition) is 1. The van der Waals surface area contributed by atoms with Gasteiger partial charge in [-0.25, -0.2) is 0 Å². The van der Waals surface area contributed by atoms with Gasteiger partial charge in [0, 0.05) is 5.02 Å². The highest BCUT2D eigenvalue weighted by molar-refractivity contribution is 6.30. The number of carboxylic acid groups (broad SMARTS) is 1. The van der Waals surface area contributed by atoms with Gasteiger partial charge >= 0.3 is 5.97 Å². The van der Waals surface area contributed by atoms with Crippen LogP contribution in [0.3, 0.4) is 0 Å². The lowest BCUT2D eigenvalue weighted by Crippen LogP contribution is -2.24. The van der Waals surface area contributed by atoms with E-state index in [2.05, 4.69) is 0 Å². The number of rotatable bonds is 1. The van der Waals surface area contributed by atoms with E-state index in [0.717, 1.165) is 11.1 Å². The topological polar surface area (TPSA) is 37.3 Å². The molecule has 1 N–H and O–H groups in total. The average Bonchev–Trinajstić information content (AvgIpc) is 1.95. The molecule has 1 aliphatic carbocycles. The van der Waals surface area contributed by atoms with Gasteiger partial charge in [0.05, 0.1) is 5.92 Å². The summed E-state index contributed by atoms with van der Waals surface area (Å²) in [5, 5.41) is 9.34. The second-order valence-corrected chi connectivity index (χ2v) is 3.37. The second-order valence-electron chi connectivity index (χ2n) is 2.94. The molecular formula is C9H7ClO2. The summed E-state index contributed by atoms with van der Waals surface area (Å²) in [7, 11) is 0. The number of carboxylic acids is 1. The van der Waals surface area contributed by atoms with Crippen LogP contribution in [0.2, 0.25) is 5.02 Å². The molecule has 0 aliphatic heterocycles. The SMILES string of the molecule is O=C(O)C1Cc2ccc(Cl)cc21. The predicted molar refractivity (Wildman–Crippen MR) is 45.5 cm³/mol. The van der Waals surface area contributed by atoms with E-state index in [-0.39, 0.29) is 5.92 Å². The molecule has 12 heavy (non-hydrogen) atoms. The van der Waals surface area contributed by atoms with Crippen molar-refractivity contribution < 1.29 is 9.90 Å². The highest BCUT2D eigenvalue weighted by Crippen LogP contribution is 2.36. The molecule has 0 saturated carbocycles. The van der Waals surface area contributed by atoms with Gasteiger partial charge in [-0.3, -0.25) is 4.79 Å². The molecule has 0 saturated heterocycles. The van der Waals surface area contributed by atoms with E-state index in [9.17, 15) is 4.79 Å². The third kappa shape index (κ3) is 0.994. The minimum atomic E-state index is -0.759. The van der Waals surface area contributed by atoms with E-state index in [0.29, 0.717) is 11.4 Å². The van der Waals surface area contributed by atoms with Gasteiger partial charge < -0.3 is 5.11 Å². The van der Waals surface area contributed by atoms with Gasteiger partial charge in [-0.15, -0.1) is 0 Å². The van der Waals surface area contributed by atoms with Crippen molar-refractivity contribution in [2.75, 3.05) is 0 Å². The molecule has 0 aromatic heterocycles. The molecule has 0 fully saturated rings. The maximum absolute atomic E-state index is 10.6. The molecule has 1 aliphatic rings. The number of hydrogen-bond donors (Lipinski definition) is 1. The minimum Gasteiger partial charge on any atom is -0.481 e. The molecule has 2 rings (SSSR count). The van der Waals surface area contributed by atoms with Crippen LogP contribution < -0.4 is 0 Å². The van der Waals surface area contributed by atoms with Gasteiger partial charge in [0.25, 0.3) is 0 Å². The van der Waals surface area contributed by atoms with Crippen molar-refractivity contribution in [2.45, 2.75) is 12.3 Å². The maximum Gasteiger partial charge on any atom is 0.311 e. The van der Waals surface area contributed by atoms with Gasteiger partial charge in [-0.2, -0.15) is 0 Å². The van der Waals surface area contributed by atoms with Crippen LogP contribution in [-0.4, -0.2) is 11.1 Å². The predicted octanol–water partition coefficient (Wildman–Crippen LogP) is 2.06. The molecule has 62 valence electrons. The first-order valence-corrected chi connectivity index (χ1v) is 4.07. The summed E-state index contributed by atoms with van der Waals surface area (Å²) in [5.74, 6) is -1.09. The number of aliphatic carboxylic acids is 1. The van der Waals surface area contributed by atoms with Crippen LogP contribution in [-0.2, 0) is 11.2 Å². The summed E-state index contributed by atoms with van der Waals surface area (Å²) in [6.45, 7) is 0. The Morgan fingerprint density at radius 2 is 2.33 bits per heavy atom. The molecule has 1 aromatic rings. The zero-order valence-corrected chi connectivity index (χ0v) is 7.01.